The topological polar surface area (TPSA) is 180 Å². The van der Waals surface area contributed by atoms with Crippen molar-refractivity contribution in [3.63, 3.8) is 0 Å². The SMILES string of the molecule is CCC(NC(=O)[C@@H](NC(=O)OCc1ccccc1)c1ccccc1)C(=O)C(=O)N[C@H](CC(C)C)C(=O)N[C@H](C(=O)O)C(C)C. The molecule has 4 atom stereocenters. The molecule has 0 aliphatic rings. The number of aliphatic carboxylic acids is 1. The molecule has 12 nitrogen and oxygen atoms in total. The molecule has 0 aliphatic heterocycles. The molecule has 0 aliphatic carbocycles. The summed E-state index contributed by atoms with van der Waals surface area (Å²) in [6, 6.07) is 12.4. The molecular weight excluding hydrogens is 568 g/mol. The molecule has 2 aromatic carbocycles. The van der Waals surface area contributed by atoms with Crippen LogP contribution in [0.3, 0.4) is 0 Å². The van der Waals surface area contributed by atoms with E-state index in [1.54, 1.807) is 75.4 Å². The van der Waals surface area contributed by atoms with Crippen LogP contribution in [0.25, 0.3) is 0 Å². The molecule has 0 bridgehead atoms. The highest BCUT2D eigenvalue weighted by molar-refractivity contribution is 6.38. The third-order valence-electron chi connectivity index (χ3n) is 6.69. The molecule has 2 aromatic rings. The Morgan fingerprint density at radius 3 is 1.86 bits per heavy atom. The normalized spacial score (nSPS) is 13.6. The first kappa shape index (κ1) is 35.5. The number of carboxylic acids is 1. The van der Waals surface area contributed by atoms with Gasteiger partial charge in [-0.3, -0.25) is 19.2 Å². The predicted octanol–water partition coefficient (Wildman–Crippen LogP) is 2.87. The van der Waals surface area contributed by atoms with Gasteiger partial charge in [0.2, 0.25) is 17.6 Å². The largest absolute Gasteiger partial charge is 0.480 e. The van der Waals surface area contributed by atoms with Crippen molar-refractivity contribution in [2.75, 3.05) is 0 Å². The average molecular weight is 611 g/mol. The molecule has 0 saturated carbocycles. The second-order valence-electron chi connectivity index (χ2n) is 11.1. The third kappa shape index (κ3) is 11.2. The zero-order chi connectivity index (χ0) is 32.8. The number of ether oxygens (including phenoxy) is 1. The van der Waals surface area contributed by atoms with Gasteiger partial charge >= 0.3 is 12.1 Å². The van der Waals surface area contributed by atoms with Crippen LogP contribution in [0, 0.1) is 11.8 Å². The highest BCUT2D eigenvalue weighted by Gasteiger charge is 2.34. The van der Waals surface area contributed by atoms with Gasteiger partial charge in [-0.2, -0.15) is 0 Å². The van der Waals surface area contributed by atoms with Crippen molar-refractivity contribution >= 4 is 35.6 Å². The third-order valence-corrected chi connectivity index (χ3v) is 6.69. The highest BCUT2D eigenvalue weighted by atomic mass is 16.5. The number of hydrogen-bond acceptors (Lipinski definition) is 7. The van der Waals surface area contributed by atoms with Crippen LogP contribution in [0.4, 0.5) is 4.79 Å². The molecule has 5 N–H and O–H groups in total. The molecular formula is C32H42N4O8. The lowest BCUT2D eigenvalue weighted by Crippen LogP contribution is -2.56. The van der Waals surface area contributed by atoms with Gasteiger partial charge in [0.05, 0.1) is 6.04 Å². The molecule has 0 saturated heterocycles. The summed E-state index contributed by atoms with van der Waals surface area (Å²) >= 11 is 0. The van der Waals surface area contributed by atoms with E-state index in [9.17, 15) is 33.9 Å². The first-order valence-corrected chi connectivity index (χ1v) is 14.5. The molecule has 0 radical (unpaired) electrons. The van der Waals surface area contributed by atoms with Crippen LogP contribution in [0.2, 0.25) is 0 Å². The minimum atomic E-state index is -1.28. The van der Waals surface area contributed by atoms with Crippen LogP contribution in [0.15, 0.2) is 60.7 Å². The summed E-state index contributed by atoms with van der Waals surface area (Å²) < 4.78 is 5.27. The summed E-state index contributed by atoms with van der Waals surface area (Å²) in [5.74, 6) is -5.32. The first-order valence-electron chi connectivity index (χ1n) is 14.5. The van der Waals surface area contributed by atoms with Crippen molar-refractivity contribution in [3.8, 4) is 0 Å². The number of carbonyl (C=O) groups excluding carboxylic acids is 5. The van der Waals surface area contributed by atoms with Crippen LogP contribution >= 0.6 is 0 Å². The number of carboxylic acid groups (broad SMARTS) is 1. The van der Waals surface area contributed by atoms with Crippen molar-refractivity contribution in [3.05, 3.63) is 71.8 Å². The molecule has 0 heterocycles. The minimum Gasteiger partial charge on any atom is -0.480 e. The maximum atomic E-state index is 13.4. The van der Waals surface area contributed by atoms with Crippen molar-refractivity contribution in [2.24, 2.45) is 11.8 Å². The van der Waals surface area contributed by atoms with E-state index in [1.165, 1.54) is 0 Å². The fourth-order valence-electron chi connectivity index (χ4n) is 4.29. The number of carbonyl (C=O) groups is 6. The summed E-state index contributed by atoms with van der Waals surface area (Å²) in [6.45, 7) is 8.45. The van der Waals surface area contributed by atoms with E-state index in [2.05, 4.69) is 21.3 Å². The summed E-state index contributed by atoms with van der Waals surface area (Å²) in [5, 5.41) is 19.3. The minimum absolute atomic E-state index is 0.0262. The molecule has 2 rings (SSSR count). The quantitative estimate of drug-likeness (QED) is 0.180. The van der Waals surface area contributed by atoms with Gasteiger partial charge in [-0.05, 0) is 35.8 Å². The van der Waals surface area contributed by atoms with Crippen LogP contribution in [-0.4, -0.2) is 58.8 Å². The lowest BCUT2D eigenvalue weighted by Gasteiger charge is -2.25. The molecule has 4 amide bonds. The number of alkyl carbamates (subject to hydrolysis) is 1. The fourth-order valence-corrected chi connectivity index (χ4v) is 4.29. The monoisotopic (exact) mass is 610 g/mol. The van der Waals surface area contributed by atoms with Crippen LogP contribution in [0.5, 0.6) is 0 Å². The van der Waals surface area contributed by atoms with E-state index < -0.39 is 65.7 Å². The van der Waals surface area contributed by atoms with E-state index >= 15 is 0 Å². The van der Waals surface area contributed by atoms with Gasteiger partial charge in [0, 0.05) is 0 Å². The highest BCUT2D eigenvalue weighted by Crippen LogP contribution is 2.15. The Kier molecular flexibility index (Phi) is 14.0. The van der Waals surface area contributed by atoms with Crippen molar-refractivity contribution in [1.82, 2.24) is 21.3 Å². The Labute approximate surface area is 257 Å². The molecule has 12 heteroatoms. The van der Waals surface area contributed by atoms with E-state index in [1.807, 2.05) is 19.9 Å². The Morgan fingerprint density at radius 1 is 0.750 bits per heavy atom. The van der Waals surface area contributed by atoms with Crippen LogP contribution in [-0.2, 0) is 35.3 Å². The average Bonchev–Trinajstić information content (AvgIpc) is 2.99. The Hall–Kier alpha value is -4.74. The summed E-state index contributed by atoms with van der Waals surface area (Å²) in [6.07, 6.45) is -0.685. The molecule has 238 valence electrons. The number of Topliss-reactive ketones (excluding diaryl/α,β-unsaturated/α-hetero) is 1. The number of ketones is 1. The summed E-state index contributed by atoms with van der Waals surface area (Å²) in [4.78, 5) is 76.7. The fraction of sp³-hybridized carbons (Fsp3) is 0.438. The van der Waals surface area contributed by atoms with Gasteiger partial charge in [-0.1, -0.05) is 95.3 Å². The predicted molar refractivity (Wildman–Crippen MR) is 162 cm³/mol. The van der Waals surface area contributed by atoms with Crippen LogP contribution in [0.1, 0.15) is 64.6 Å². The second-order valence-corrected chi connectivity index (χ2v) is 11.1. The van der Waals surface area contributed by atoms with E-state index in [-0.39, 0.29) is 25.4 Å². The standard InChI is InChI=1S/C32H42N4O8/c1-6-23(27(37)30(40)34-24(17-19(2)3)28(38)35-25(20(4)5)31(41)42)33-29(39)26(22-15-11-8-12-16-22)36-32(43)44-18-21-13-9-7-10-14-21/h7-16,19-20,23-26H,6,17-18H2,1-5H3,(H,33,39)(H,34,40)(H,35,38)(H,36,43)(H,41,42)/t23?,24-,25+,26+/m1/s1. The zero-order valence-corrected chi connectivity index (χ0v) is 25.7. The second kappa shape index (κ2) is 17.4. The van der Waals surface area contributed by atoms with Crippen molar-refractivity contribution in [2.45, 2.75) is 78.2 Å². The Balaban J connectivity index is 2.15. The molecule has 44 heavy (non-hydrogen) atoms. The molecule has 0 spiro atoms. The van der Waals surface area contributed by atoms with Gasteiger partial charge in [0.1, 0.15) is 24.7 Å². The zero-order valence-electron chi connectivity index (χ0n) is 25.7. The molecule has 1 unspecified atom stereocenters. The lowest BCUT2D eigenvalue weighted by atomic mass is 9.99. The van der Waals surface area contributed by atoms with Gasteiger partial charge in [0.25, 0.3) is 5.91 Å². The van der Waals surface area contributed by atoms with E-state index in [4.69, 9.17) is 4.74 Å². The number of amides is 4. The number of benzene rings is 2. The van der Waals surface area contributed by atoms with Crippen molar-refractivity contribution in [1.29, 1.82) is 0 Å². The molecule has 0 aromatic heterocycles. The van der Waals surface area contributed by atoms with Gasteiger partial charge < -0.3 is 31.1 Å². The first-order chi connectivity index (χ1) is 20.8. The number of hydrogen-bond donors (Lipinski definition) is 5. The maximum Gasteiger partial charge on any atom is 0.408 e. The Bertz CT molecular complexity index is 1280. The van der Waals surface area contributed by atoms with Crippen LogP contribution < -0.4 is 21.3 Å². The number of nitrogens with one attached hydrogen (secondary N) is 4. The Morgan fingerprint density at radius 2 is 1.34 bits per heavy atom. The molecule has 0 fully saturated rings. The maximum absolute atomic E-state index is 13.4. The van der Waals surface area contributed by atoms with E-state index in [0.717, 1.165) is 5.56 Å². The summed E-state index contributed by atoms with van der Waals surface area (Å²) in [7, 11) is 0. The van der Waals surface area contributed by atoms with Gasteiger partial charge in [0.15, 0.2) is 0 Å². The van der Waals surface area contributed by atoms with Gasteiger partial charge in [-0.25, -0.2) is 9.59 Å². The van der Waals surface area contributed by atoms with E-state index in [0.29, 0.717) is 5.56 Å². The summed E-state index contributed by atoms with van der Waals surface area (Å²) in [5.41, 5.74) is 1.17. The van der Waals surface area contributed by atoms with Crippen molar-refractivity contribution < 1.29 is 38.6 Å². The number of rotatable bonds is 16. The smallest absolute Gasteiger partial charge is 0.408 e. The lowest BCUT2D eigenvalue weighted by molar-refractivity contribution is -0.144. The van der Waals surface area contributed by atoms with Gasteiger partial charge in [-0.15, -0.1) is 0 Å².